The lowest BCUT2D eigenvalue weighted by Crippen LogP contribution is -2.45. The number of carbonyl (C=O) groups is 4. The van der Waals surface area contributed by atoms with E-state index >= 15 is 0 Å². The molecule has 8 heteroatoms. The summed E-state index contributed by atoms with van der Waals surface area (Å²) in [6.45, 7) is 4.78. The third kappa shape index (κ3) is 4.89. The van der Waals surface area contributed by atoms with Crippen LogP contribution in [0.2, 0.25) is 0 Å². The molecule has 1 aliphatic heterocycles. The molecule has 0 radical (unpaired) electrons. The summed E-state index contributed by atoms with van der Waals surface area (Å²) < 4.78 is 9.45. The molecule has 2 fully saturated rings. The summed E-state index contributed by atoms with van der Waals surface area (Å²) in [6.07, 6.45) is 3.38. The Morgan fingerprint density at radius 1 is 1.00 bits per heavy atom. The van der Waals surface area contributed by atoms with Crippen molar-refractivity contribution in [3.63, 3.8) is 0 Å². The van der Waals surface area contributed by atoms with Crippen molar-refractivity contribution in [3.05, 3.63) is 29.3 Å². The first-order valence-electron chi connectivity index (χ1n) is 10.7. The number of hydrogen-bond donors (Lipinski definition) is 1. The number of nitrogens with one attached hydrogen (secondary N) is 1. The second-order valence-electron chi connectivity index (χ2n) is 8.55. The van der Waals surface area contributed by atoms with Gasteiger partial charge in [0.05, 0.1) is 31.3 Å². The molecule has 3 rings (SSSR count). The number of amides is 2. The molecule has 2 aliphatic rings. The Bertz CT molecular complexity index is 849. The largest absolute Gasteiger partial charge is 0.465 e. The summed E-state index contributed by atoms with van der Waals surface area (Å²) in [4.78, 5) is 51.4. The van der Waals surface area contributed by atoms with E-state index in [9.17, 15) is 19.2 Å². The van der Waals surface area contributed by atoms with Gasteiger partial charge in [-0.3, -0.25) is 9.59 Å². The van der Waals surface area contributed by atoms with E-state index in [4.69, 9.17) is 9.47 Å². The van der Waals surface area contributed by atoms with Crippen molar-refractivity contribution in [1.29, 1.82) is 0 Å². The highest BCUT2D eigenvalue weighted by molar-refractivity contribution is 6.01. The van der Waals surface area contributed by atoms with E-state index in [-0.39, 0.29) is 41.1 Å². The second kappa shape index (κ2) is 9.49. The highest BCUT2D eigenvalue weighted by Gasteiger charge is 2.41. The summed E-state index contributed by atoms with van der Waals surface area (Å²) in [5, 5.41) is 2.75. The van der Waals surface area contributed by atoms with Crippen LogP contribution in [0.25, 0.3) is 0 Å². The Labute approximate surface area is 182 Å². The predicted octanol–water partition coefficient (Wildman–Crippen LogP) is 2.87. The lowest BCUT2D eigenvalue weighted by atomic mass is 9.77. The molecular weight excluding hydrogens is 400 g/mol. The zero-order chi connectivity index (χ0) is 22.7. The lowest BCUT2D eigenvalue weighted by molar-refractivity contribution is -0.131. The molecule has 1 aliphatic carbocycles. The van der Waals surface area contributed by atoms with Gasteiger partial charge >= 0.3 is 11.9 Å². The van der Waals surface area contributed by atoms with Crippen LogP contribution in [0.4, 0.5) is 5.69 Å². The van der Waals surface area contributed by atoms with E-state index in [0.29, 0.717) is 18.4 Å². The monoisotopic (exact) mass is 430 g/mol. The summed E-state index contributed by atoms with van der Waals surface area (Å²) in [5.41, 5.74) is 0.517. The van der Waals surface area contributed by atoms with Gasteiger partial charge in [-0.15, -0.1) is 0 Å². The molecule has 168 valence electrons. The molecule has 2 amide bonds. The molecule has 1 saturated carbocycles. The fourth-order valence-corrected chi connectivity index (χ4v) is 4.64. The molecule has 4 atom stereocenters. The Kier molecular flexibility index (Phi) is 6.97. The van der Waals surface area contributed by atoms with Crippen LogP contribution in [0.5, 0.6) is 0 Å². The van der Waals surface area contributed by atoms with Gasteiger partial charge in [0.1, 0.15) is 0 Å². The number of ether oxygens (including phenoxy) is 2. The van der Waals surface area contributed by atoms with Crippen LogP contribution >= 0.6 is 0 Å². The van der Waals surface area contributed by atoms with Gasteiger partial charge in [-0.2, -0.15) is 0 Å². The van der Waals surface area contributed by atoms with E-state index < -0.39 is 17.9 Å². The van der Waals surface area contributed by atoms with Gasteiger partial charge in [0.15, 0.2) is 0 Å². The minimum Gasteiger partial charge on any atom is -0.465 e. The number of benzene rings is 1. The maximum absolute atomic E-state index is 12.9. The van der Waals surface area contributed by atoms with Crippen molar-refractivity contribution in [2.45, 2.75) is 45.6 Å². The molecular formula is C23H30N2O6. The van der Waals surface area contributed by atoms with Gasteiger partial charge in [-0.25, -0.2) is 9.59 Å². The van der Waals surface area contributed by atoms with Crippen molar-refractivity contribution in [3.8, 4) is 0 Å². The molecule has 1 aromatic carbocycles. The van der Waals surface area contributed by atoms with Crippen molar-refractivity contribution < 1.29 is 28.7 Å². The first-order valence-corrected chi connectivity index (χ1v) is 10.7. The van der Waals surface area contributed by atoms with E-state index in [1.807, 2.05) is 4.90 Å². The molecule has 1 aromatic rings. The first-order chi connectivity index (χ1) is 14.7. The number of anilines is 1. The fourth-order valence-electron chi connectivity index (χ4n) is 4.64. The topological polar surface area (TPSA) is 102 Å². The van der Waals surface area contributed by atoms with E-state index in [1.165, 1.54) is 38.8 Å². The van der Waals surface area contributed by atoms with Gasteiger partial charge in [0.2, 0.25) is 11.8 Å². The fraction of sp³-hybridized carbons (Fsp3) is 0.565. The quantitative estimate of drug-likeness (QED) is 0.721. The number of hydrogen-bond acceptors (Lipinski definition) is 6. The minimum atomic E-state index is -0.635. The average Bonchev–Trinajstić information content (AvgIpc) is 3.15. The number of likely N-dealkylation sites (tertiary alicyclic amines) is 1. The molecule has 8 nitrogen and oxygen atoms in total. The van der Waals surface area contributed by atoms with Crippen molar-refractivity contribution in [2.75, 3.05) is 26.1 Å². The van der Waals surface area contributed by atoms with E-state index in [0.717, 1.165) is 12.8 Å². The normalized spacial score (nSPS) is 25.8. The molecule has 0 aromatic heterocycles. The highest BCUT2D eigenvalue weighted by atomic mass is 16.5. The van der Waals surface area contributed by atoms with Gasteiger partial charge < -0.3 is 19.7 Å². The van der Waals surface area contributed by atoms with Gasteiger partial charge in [-0.1, -0.05) is 26.7 Å². The molecule has 1 heterocycles. The summed E-state index contributed by atoms with van der Waals surface area (Å²) >= 11 is 0. The Hall–Kier alpha value is -2.90. The van der Waals surface area contributed by atoms with Crippen LogP contribution in [0.1, 0.15) is 60.2 Å². The van der Waals surface area contributed by atoms with Gasteiger partial charge in [0, 0.05) is 24.7 Å². The van der Waals surface area contributed by atoms with Crippen LogP contribution < -0.4 is 5.32 Å². The summed E-state index contributed by atoms with van der Waals surface area (Å²) in [7, 11) is 2.47. The van der Waals surface area contributed by atoms with Crippen LogP contribution in [-0.2, 0) is 19.1 Å². The SMILES string of the molecule is COC(=O)c1cc(NC(=O)[C@@H]2CC(=O)N([C@@H]3CCC[C@H](C)[C@H]3C)C2)cc(C(=O)OC)c1. The zero-order valence-electron chi connectivity index (χ0n) is 18.5. The van der Waals surface area contributed by atoms with Gasteiger partial charge in [0.25, 0.3) is 0 Å². The van der Waals surface area contributed by atoms with E-state index in [1.54, 1.807) is 0 Å². The van der Waals surface area contributed by atoms with Crippen LogP contribution in [0.15, 0.2) is 18.2 Å². The standard InChI is InChI=1S/C23H30N2O6/c1-13-6-5-7-19(14(13)2)25-12-17(11-20(25)26)21(27)24-18-9-15(22(28)30-3)8-16(10-18)23(29)31-4/h8-10,13-14,17,19H,5-7,11-12H2,1-4H3,(H,24,27)/t13-,14+,17+,19+/m0/s1. The molecule has 0 unspecified atom stereocenters. The van der Waals surface area contributed by atoms with E-state index in [2.05, 4.69) is 19.2 Å². The Morgan fingerprint density at radius 3 is 2.19 bits per heavy atom. The van der Waals surface area contributed by atoms with Crippen LogP contribution in [0, 0.1) is 17.8 Å². The molecule has 1 N–H and O–H groups in total. The third-order valence-electron chi connectivity index (χ3n) is 6.64. The number of rotatable bonds is 5. The smallest absolute Gasteiger partial charge is 0.337 e. The molecule has 0 spiro atoms. The third-order valence-corrected chi connectivity index (χ3v) is 6.64. The number of methoxy groups -OCH3 is 2. The maximum Gasteiger partial charge on any atom is 0.337 e. The van der Waals surface area contributed by atoms with Crippen LogP contribution in [-0.4, -0.2) is 55.5 Å². The average molecular weight is 431 g/mol. The molecule has 0 bridgehead atoms. The van der Waals surface area contributed by atoms with Crippen molar-refractivity contribution >= 4 is 29.4 Å². The van der Waals surface area contributed by atoms with Gasteiger partial charge in [-0.05, 0) is 36.5 Å². The lowest BCUT2D eigenvalue weighted by Gasteiger charge is -2.40. The Morgan fingerprint density at radius 2 is 1.61 bits per heavy atom. The first kappa shape index (κ1) is 22.8. The number of nitrogens with zero attached hydrogens (tertiary/aromatic N) is 1. The zero-order valence-corrected chi connectivity index (χ0v) is 18.5. The maximum atomic E-state index is 12.9. The molecule has 1 saturated heterocycles. The number of esters is 2. The second-order valence-corrected chi connectivity index (χ2v) is 8.55. The highest BCUT2D eigenvalue weighted by Crippen LogP contribution is 2.36. The summed E-state index contributed by atoms with van der Waals surface area (Å²) in [6, 6.07) is 4.40. The number of carbonyl (C=O) groups excluding carboxylic acids is 4. The predicted molar refractivity (Wildman–Crippen MR) is 114 cm³/mol. The van der Waals surface area contributed by atoms with Crippen molar-refractivity contribution in [1.82, 2.24) is 4.90 Å². The minimum absolute atomic E-state index is 0.00432. The van der Waals surface area contributed by atoms with Crippen LogP contribution in [0.3, 0.4) is 0 Å². The Balaban J connectivity index is 1.75. The summed E-state index contributed by atoms with van der Waals surface area (Å²) in [5.74, 6) is -1.11. The molecule has 31 heavy (non-hydrogen) atoms. The van der Waals surface area contributed by atoms with Crippen molar-refractivity contribution in [2.24, 2.45) is 17.8 Å².